The molecule has 0 aliphatic rings. The van der Waals surface area contributed by atoms with Gasteiger partial charge in [0.2, 0.25) is 0 Å². The second kappa shape index (κ2) is 7.09. The maximum absolute atomic E-state index is 2.34. The summed E-state index contributed by atoms with van der Waals surface area (Å²) in [5, 5.41) is 0. The normalized spacial score (nSPS) is 15.5. The summed E-state index contributed by atoms with van der Waals surface area (Å²) in [6.45, 7) is 13.8. The SMILES string of the molecule is CC=C(CC)CC(CC)CCC(C)(C)C. The van der Waals surface area contributed by atoms with E-state index in [2.05, 4.69) is 47.6 Å². The smallest absolute Gasteiger partial charge is 0.0292 e. The molecule has 0 aromatic rings. The fourth-order valence-electron chi connectivity index (χ4n) is 1.92. The van der Waals surface area contributed by atoms with E-state index in [1.165, 1.54) is 32.1 Å². The van der Waals surface area contributed by atoms with Gasteiger partial charge in [0.05, 0.1) is 0 Å². The molecule has 0 aromatic carbocycles. The average molecular weight is 210 g/mol. The van der Waals surface area contributed by atoms with Gasteiger partial charge >= 0.3 is 0 Å². The van der Waals surface area contributed by atoms with E-state index in [1.807, 2.05) is 0 Å². The Labute approximate surface area is 97.2 Å². The molecule has 0 nitrogen and oxygen atoms in total. The number of hydrogen-bond acceptors (Lipinski definition) is 0. The Bertz CT molecular complexity index is 181. The zero-order chi connectivity index (χ0) is 11.9. The molecule has 0 aromatic heterocycles. The molecule has 0 heteroatoms. The molecule has 0 radical (unpaired) electrons. The van der Waals surface area contributed by atoms with Crippen LogP contribution in [0.1, 0.15) is 73.6 Å². The lowest BCUT2D eigenvalue weighted by Crippen LogP contribution is -2.09. The first-order valence-corrected chi connectivity index (χ1v) is 6.57. The third-order valence-electron chi connectivity index (χ3n) is 3.29. The van der Waals surface area contributed by atoms with Gasteiger partial charge in [-0.25, -0.2) is 0 Å². The van der Waals surface area contributed by atoms with Crippen LogP contribution in [0.3, 0.4) is 0 Å². The Morgan fingerprint density at radius 1 is 1.20 bits per heavy atom. The van der Waals surface area contributed by atoms with Crippen LogP contribution < -0.4 is 0 Å². The Morgan fingerprint density at radius 2 is 1.80 bits per heavy atom. The molecule has 0 saturated heterocycles. The van der Waals surface area contributed by atoms with Crippen molar-refractivity contribution in [3.05, 3.63) is 11.6 Å². The molecule has 15 heavy (non-hydrogen) atoms. The van der Waals surface area contributed by atoms with Gasteiger partial charge in [-0.2, -0.15) is 0 Å². The van der Waals surface area contributed by atoms with E-state index in [9.17, 15) is 0 Å². The van der Waals surface area contributed by atoms with E-state index < -0.39 is 0 Å². The lowest BCUT2D eigenvalue weighted by molar-refractivity contribution is 0.315. The Kier molecular flexibility index (Phi) is 6.96. The van der Waals surface area contributed by atoms with Gasteiger partial charge in [-0.15, -0.1) is 0 Å². The Morgan fingerprint density at radius 3 is 2.13 bits per heavy atom. The minimum atomic E-state index is 0.496. The van der Waals surface area contributed by atoms with Crippen LogP contribution in [0, 0.1) is 11.3 Å². The van der Waals surface area contributed by atoms with Crippen molar-refractivity contribution in [2.45, 2.75) is 73.6 Å². The topological polar surface area (TPSA) is 0 Å². The average Bonchev–Trinajstić information content (AvgIpc) is 2.17. The van der Waals surface area contributed by atoms with Gasteiger partial charge < -0.3 is 0 Å². The third-order valence-corrected chi connectivity index (χ3v) is 3.29. The third kappa shape index (κ3) is 7.64. The van der Waals surface area contributed by atoms with Gasteiger partial charge in [-0.3, -0.25) is 0 Å². The lowest BCUT2D eigenvalue weighted by atomic mass is 9.83. The number of allylic oxidation sites excluding steroid dienone is 2. The molecule has 0 saturated carbocycles. The van der Waals surface area contributed by atoms with Crippen molar-refractivity contribution >= 4 is 0 Å². The molecular formula is C15H30. The summed E-state index contributed by atoms with van der Waals surface area (Å²) in [6, 6.07) is 0. The molecule has 0 heterocycles. The van der Waals surface area contributed by atoms with E-state index in [1.54, 1.807) is 5.57 Å². The Hall–Kier alpha value is -0.260. The molecular weight excluding hydrogens is 180 g/mol. The number of rotatable bonds is 6. The lowest BCUT2D eigenvalue weighted by Gasteiger charge is -2.23. The summed E-state index contributed by atoms with van der Waals surface area (Å²) < 4.78 is 0. The fourth-order valence-corrected chi connectivity index (χ4v) is 1.92. The summed E-state index contributed by atoms with van der Waals surface area (Å²) in [4.78, 5) is 0. The van der Waals surface area contributed by atoms with Crippen molar-refractivity contribution in [3.8, 4) is 0 Å². The molecule has 0 rings (SSSR count). The second-order valence-corrected chi connectivity index (χ2v) is 5.88. The van der Waals surface area contributed by atoms with Gasteiger partial charge in [-0.05, 0) is 43.9 Å². The minimum absolute atomic E-state index is 0.496. The second-order valence-electron chi connectivity index (χ2n) is 5.88. The molecule has 0 N–H and O–H groups in total. The fraction of sp³-hybridized carbons (Fsp3) is 0.867. The molecule has 0 aliphatic heterocycles. The highest BCUT2D eigenvalue weighted by Crippen LogP contribution is 2.28. The van der Waals surface area contributed by atoms with Crippen molar-refractivity contribution < 1.29 is 0 Å². The molecule has 0 amide bonds. The van der Waals surface area contributed by atoms with Gasteiger partial charge in [-0.1, -0.05) is 52.7 Å². The first kappa shape index (κ1) is 14.7. The Balaban J connectivity index is 4.04. The highest BCUT2D eigenvalue weighted by molar-refractivity contribution is 5.00. The predicted octanol–water partition coefficient (Wildman–Crippen LogP) is 5.59. The molecule has 0 aliphatic carbocycles. The maximum Gasteiger partial charge on any atom is -0.0292 e. The first-order chi connectivity index (χ1) is 6.92. The minimum Gasteiger partial charge on any atom is -0.0885 e. The maximum atomic E-state index is 2.34. The predicted molar refractivity (Wildman–Crippen MR) is 71.1 cm³/mol. The zero-order valence-electron chi connectivity index (χ0n) is 11.7. The quantitative estimate of drug-likeness (QED) is 0.502. The summed E-state index contributed by atoms with van der Waals surface area (Å²) >= 11 is 0. The van der Waals surface area contributed by atoms with Crippen molar-refractivity contribution in [2.24, 2.45) is 11.3 Å². The van der Waals surface area contributed by atoms with Gasteiger partial charge in [0.25, 0.3) is 0 Å². The van der Waals surface area contributed by atoms with Crippen LogP contribution in [0.15, 0.2) is 11.6 Å². The van der Waals surface area contributed by atoms with E-state index >= 15 is 0 Å². The zero-order valence-corrected chi connectivity index (χ0v) is 11.7. The van der Waals surface area contributed by atoms with E-state index in [-0.39, 0.29) is 0 Å². The summed E-state index contributed by atoms with van der Waals surface area (Å²) in [6.07, 6.45) is 8.92. The molecule has 90 valence electrons. The summed E-state index contributed by atoms with van der Waals surface area (Å²) in [5.41, 5.74) is 2.13. The monoisotopic (exact) mass is 210 g/mol. The molecule has 0 spiro atoms. The standard InChI is InChI=1S/C15H30/c1-7-13(8-2)12-14(9-3)10-11-15(4,5)6/h7,14H,8-12H2,1-6H3. The molecule has 1 unspecified atom stereocenters. The molecule has 0 fully saturated rings. The van der Waals surface area contributed by atoms with Crippen molar-refractivity contribution in [2.75, 3.05) is 0 Å². The summed E-state index contributed by atoms with van der Waals surface area (Å²) in [5.74, 6) is 0.898. The van der Waals surface area contributed by atoms with Crippen molar-refractivity contribution in [3.63, 3.8) is 0 Å². The van der Waals surface area contributed by atoms with Gasteiger partial charge in [0, 0.05) is 0 Å². The van der Waals surface area contributed by atoms with Crippen LogP contribution in [0.2, 0.25) is 0 Å². The van der Waals surface area contributed by atoms with E-state index in [4.69, 9.17) is 0 Å². The van der Waals surface area contributed by atoms with Crippen LogP contribution in [0.4, 0.5) is 0 Å². The van der Waals surface area contributed by atoms with Crippen LogP contribution >= 0.6 is 0 Å². The first-order valence-electron chi connectivity index (χ1n) is 6.57. The van der Waals surface area contributed by atoms with Gasteiger partial charge in [0.15, 0.2) is 0 Å². The summed E-state index contributed by atoms with van der Waals surface area (Å²) in [7, 11) is 0. The number of hydrogen-bond donors (Lipinski definition) is 0. The van der Waals surface area contributed by atoms with Crippen LogP contribution in [-0.2, 0) is 0 Å². The highest BCUT2D eigenvalue weighted by Gasteiger charge is 2.14. The van der Waals surface area contributed by atoms with E-state index in [0.29, 0.717) is 5.41 Å². The van der Waals surface area contributed by atoms with Crippen molar-refractivity contribution in [1.29, 1.82) is 0 Å². The van der Waals surface area contributed by atoms with E-state index in [0.717, 1.165) is 5.92 Å². The highest BCUT2D eigenvalue weighted by atomic mass is 14.2. The molecule has 1 atom stereocenters. The van der Waals surface area contributed by atoms with Crippen LogP contribution in [0.5, 0.6) is 0 Å². The van der Waals surface area contributed by atoms with Crippen molar-refractivity contribution in [1.82, 2.24) is 0 Å². The molecule has 0 bridgehead atoms. The largest absolute Gasteiger partial charge is 0.0885 e. The van der Waals surface area contributed by atoms with Gasteiger partial charge in [0.1, 0.15) is 0 Å². The van der Waals surface area contributed by atoms with Crippen LogP contribution in [-0.4, -0.2) is 0 Å². The van der Waals surface area contributed by atoms with Crippen LogP contribution in [0.25, 0.3) is 0 Å².